The van der Waals surface area contributed by atoms with Crippen LogP contribution in [-0.2, 0) is 6.54 Å². The van der Waals surface area contributed by atoms with Gasteiger partial charge in [0.05, 0.1) is 0 Å². The molecular weight excluding hydrogens is 301 g/mol. The van der Waals surface area contributed by atoms with E-state index in [2.05, 4.69) is 12.2 Å². The summed E-state index contributed by atoms with van der Waals surface area (Å²) < 4.78 is 0. The van der Waals surface area contributed by atoms with E-state index >= 15 is 0 Å². The largest absolute Gasteiger partial charge is 0.313 e. The van der Waals surface area contributed by atoms with Gasteiger partial charge in [0.1, 0.15) is 0 Å². The smallest absolute Gasteiger partial charge is 0.0426 e. The van der Waals surface area contributed by atoms with Crippen molar-refractivity contribution in [2.75, 3.05) is 6.54 Å². The van der Waals surface area contributed by atoms with Crippen LogP contribution in [-0.4, -0.2) is 6.54 Å². The Hall–Kier alpha value is -0.730. The summed E-state index contributed by atoms with van der Waals surface area (Å²) in [6, 6.07) is 11.4. The molecule has 2 aromatic rings. The Balaban J connectivity index is 2.49. The van der Waals surface area contributed by atoms with E-state index in [1.165, 1.54) is 5.56 Å². The topological polar surface area (TPSA) is 12.0 Å². The molecule has 0 spiro atoms. The van der Waals surface area contributed by atoms with E-state index in [-0.39, 0.29) is 0 Å². The molecule has 0 atom stereocenters. The lowest BCUT2D eigenvalue weighted by Gasteiger charge is -2.12. The SMILES string of the molecule is CCNCc1ccc(Cl)cc1-c1cc(Cl)cc(Cl)c1. The third kappa shape index (κ3) is 3.87. The molecule has 0 unspecified atom stereocenters. The Labute approximate surface area is 128 Å². The highest BCUT2D eigenvalue weighted by molar-refractivity contribution is 6.35. The molecule has 4 heteroatoms. The molecule has 0 aromatic heterocycles. The van der Waals surface area contributed by atoms with Gasteiger partial charge in [-0.15, -0.1) is 0 Å². The molecule has 0 heterocycles. The molecule has 0 amide bonds. The molecule has 100 valence electrons. The van der Waals surface area contributed by atoms with Crippen molar-refractivity contribution in [3.8, 4) is 11.1 Å². The Morgan fingerprint density at radius 1 is 0.895 bits per heavy atom. The first-order valence-electron chi connectivity index (χ1n) is 6.05. The zero-order valence-electron chi connectivity index (χ0n) is 10.5. The molecule has 1 nitrogen and oxygen atoms in total. The maximum absolute atomic E-state index is 6.09. The third-order valence-electron chi connectivity index (χ3n) is 2.81. The third-order valence-corrected chi connectivity index (χ3v) is 3.48. The molecule has 0 aliphatic heterocycles. The Bertz CT molecular complexity index is 561. The Morgan fingerprint density at radius 3 is 2.21 bits per heavy atom. The molecule has 2 rings (SSSR count). The minimum absolute atomic E-state index is 0.622. The van der Waals surface area contributed by atoms with Gasteiger partial charge >= 0.3 is 0 Å². The summed E-state index contributed by atoms with van der Waals surface area (Å²) >= 11 is 18.2. The van der Waals surface area contributed by atoms with Crippen molar-refractivity contribution >= 4 is 34.8 Å². The predicted octanol–water partition coefficient (Wildman–Crippen LogP) is 5.42. The maximum atomic E-state index is 6.09. The average Bonchev–Trinajstić information content (AvgIpc) is 2.36. The van der Waals surface area contributed by atoms with Gasteiger partial charge < -0.3 is 5.32 Å². The van der Waals surface area contributed by atoms with Crippen molar-refractivity contribution < 1.29 is 0 Å². The quantitative estimate of drug-likeness (QED) is 0.794. The molecule has 1 N–H and O–H groups in total. The standard InChI is InChI=1S/C15H14Cl3N/c1-2-19-9-10-3-4-12(16)8-15(10)11-5-13(17)7-14(18)6-11/h3-8,19H,2,9H2,1H3. The zero-order chi connectivity index (χ0) is 13.8. The summed E-state index contributed by atoms with van der Waals surface area (Å²) in [5.74, 6) is 0. The average molecular weight is 315 g/mol. The van der Waals surface area contributed by atoms with Crippen LogP contribution in [0, 0.1) is 0 Å². The molecule has 0 saturated carbocycles. The highest BCUT2D eigenvalue weighted by Gasteiger charge is 2.08. The highest BCUT2D eigenvalue weighted by Crippen LogP contribution is 2.31. The van der Waals surface area contributed by atoms with E-state index in [1.807, 2.05) is 30.3 Å². The fourth-order valence-corrected chi connectivity index (χ4v) is 2.64. The summed E-state index contributed by atoms with van der Waals surface area (Å²) in [4.78, 5) is 0. The summed E-state index contributed by atoms with van der Waals surface area (Å²) in [5.41, 5.74) is 3.20. The molecule has 2 aromatic carbocycles. The molecule has 0 fully saturated rings. The van der Waals surface area contributed by atoms with Crippen molar-refractivity contribution in [3.63, 3.8) is 0 Å². The summed E-state index contributed by atoms with van der Waals surface area (Å²) in [7, 11) is 0. The number of rotatable bonds is 4. The minimum atomic E-state index is 0.622. The number of nitrogens with one attached hydrogen (secondary N) is 1. The number of benzene rings is 2. The van der Waals surface area contributed by atoms with Gasteiger partial charge in [0.25, 0.3) is 0 Å². The van der Waals surface area contributed by atoms with E-state index < -0.39 is 0 Å². The fraction of sp³-hybridized carbons (Fsp3) is 0.200. The fourth-order valence-electron chi connectivity index (χ4n) is 1.94. The Kier molecular flexibility index (Phi) is 5.12. The lowest BCUT2D eigenvalue weighted by atomic mass is 9.99. The molecule has 0 aliphatic rings. The molecule has 0 radical (unpaired) electrons. The predicted molar refractivity (Wildman–Crippen MR) is 84.3 cm³/mol. The van der Waals surface area contributed by atoms with Crippen LogP contribution < -0.4 is 5.32 Å². The second-order valence-electron chi connectivity index (χ2n) is 4.24. The summed E-state index contributed by atoms with van der Waals surface area (Å²) in [6.45, 7) is 3.78. The summed E-state index contributed by atoms with van der Waals surface area (Å²) in [5, 5.41) is 5.26. The molecule has 0 bridgehead atoms. The van der Waals surface area contributed by atoms with Crippen LogP contribution >= 0.6 is 34.8 Å². The zero-order valence-corrected chi connectivity index (χ0v) is 12.8. The van der Waals surface area contributed by atoms with Crippen LogP contribution in [0.15, 0.2) is 36.4 Å². The van der Waals surface area contributed by atoms with E-state index in [0.717, 1.165) is 24.2 Å². The van der Waals surface area contributed by atoms with Crippen molar-refractivity contribution in [2.45, 2.75) is 13.5 Å². The van der Waals surface area contributed by atoms with Crippen LogP contribution in [0.1, 0.15) is 12.5 Å². The Morgan fingerprint density at radius 2 is 1.58 bits per heavy atom. The first kappa shape index (κ1) is 14.7. The van der Waals surface area contributed by atoms with Gasteiger partial charge in [-0.25, -0.2) is 0 Å². The van der Waals surface area contributed by atoms with Crippen LogP contribution in [0.4, 0.5) is 0 Å². The van der Waals surface area contributed by atoms with Crippen LogP contribution in [0.3, 0.4) is 0 Å². The van der Waals surface area contributed by atoms with Crippen molar-refractivity contribution in [1.29, 1.82) is 0 Å². The number of hydrogen-bond donors (Lipinski definition) is 1. The molecular formula is C15H14Cl3N. The second-order valence-corrected chi connectivity index (χ2v) is 5.55. The van der Waals surface area contributed by atoms with Crippen molar-refractivity contribution in [3.05, 3.63) is 57.0 Å². The van der Waals surface area contributed by atoms with Gasteiger partial charge in [0.15, 0.2) is 0 Å². The van der Waals surface area contributed by atoms with E-state index in [4.69, 9.17) is 34.8 Å². The first-order chi connectivity index (χ1) is 9.10. The van der Waals surface area contributed by atoms with Crippen LogP contribution in [0.2, 0.25) is 15.1 Å². The second kappa shape index (κ2) is 6.62. The lowest BCUT2D eigenvalue weighted by Crippen LogP contribution is -2.12. The van der Waals surface area contributed by atoms with Gasteiger partial charge in [-0.3, -0.25) is 0 Å². The monoisotopic (exact) mass is 313 g/mol. The normalized spacial score (nSPS) is 10.7. The molecule has 0 saturated heterocycles. The van der Waals surface area contributed by atoms with Crippen LogP contribution in [0.25, 0.3) is 11.1 Å². The highest BCUT2D eigenvalue weighted by atomic mass is 35.5. The van der Waals surface area contributed by atoms with Gasteiger partial charge in [0, 0.05) is 21.6 Å². The van der Waals surface area contributed by atoms with E-state index in [9.17, 15) is 0 Å². The maximum Gasteiger partial charge on any atom is 0.0426 e. The van der Waals surface area contributed by atoms with Gasteiger partial charge in [-0.1, -0.05) is 47.8 Å². The number of halogens is 3. The van der Waals surface area contributed by atoms with Crippen LogP contribution in [0.5, 0.6) is 0 Å². The number of hydrogen-bond acceptors (Lipinski definition) is 1. The molecule has 0 aliphatic carbocycles. The van der Waals surface area contributed by atoms with Crippen molar-refractivity contribution in [1.82, 2.24) is 5.32 Å². The summed E-state index contributed by atoms with van der Waals surface area (Å²) in [6.07, 6.45) is 0. The van der Waals surface area contributed by atoms with E-state index in [1.54, 1.807) is 6.07 Å². The van der Waals surface area contributed by atoms with Gasteiger partial charge in [0.2, 0.25) is 0 Å². The van der Waals surface area contributed by atoms with Gasteiger partial charge in [-0.2, -0.15) is 0 Å². The first-order valence-corrected chi connectivity index (χ1v) is 7.19. The van der Waals surface area contributed by atoms with E-state index in [0.29, 0.717) is 15.1 Å². The molecule has 19 heavy (non-hydrogen) atoms. The van der Waals surface area contributed by atoms with Crippen molar-refractivity contribution in [2.24, 2.45) is 0 Å². The minimum Gasteiger partial charge on any atom is -0.313 e. The van der Waals surface area contributed by atoms with Gasteiger partial charge in [-0.05, 0) is 53.6 Å². The lowest BCUT2D eigenvalue weighted by molar-refractivity contribution is 0.728.